The van der Waals surface area contributed by atoms with E-state index in [2.05, 4.69) is 0 Å². The van der Waals surface area contributed by atoms with E-state index in [9.17, 15) is 4.79 Å². The van der Waals surface area contributed by atoms with Crippen molar-refractivity contribution >= 4 is 17.0 Å². The summed E-state index contributed by atoms with van der Waals surface area (Å²) in [6, 6.07) is 15.5. The molecule has 0 spiro atoms. The fraction of sp³-hybridized carbons (Fsp3) is 0.385. The van der Waals surface area contributed by atoms with E-state index in [-0.39, 0.29) is 12.8 Å². The number of amides is 1. The fourth-order valence-electron chi connectivity index (χ4n) is 4.37. The van der Waals surface area contributed by atoms with Crippen molar-refractivity contribution in [3.8, 4) is 22.8 Å². The third kappa shape index (κ3) is 3.97. The molecule has 2 aliphatic heterocycles. The van der Waals surface area contributed by atoms with E-state index in [4.69, 9.17) is 23.9 Å². The van der Waals surface area contributed by atoms with Gasteiger partial charge in [-0.15, -0.1) is 0 Å². The summed E-state index contributed by atoms with van der Waals surface area (Å²) in [7, 11) is 0. The molecule has 1 atom stereocenters. The average molecular weight is 449 g/mol. The van der Waals surface area contributed by atoms with Gasteiger partial charge in [0.15, 0.2) is 11.5 Å². The normalized spacial score (nSPS) is 19.2. The summed E-state index contributed by atoms with van der Waals surface area (Å²) < 4.78 is 22.8. The van der Waals surface area contributed by atoms with Crippen LogP contribution in [0.5, 0.6) is 11.5 Å². The van der Waals surface area contributed by atoms with Crippen LogP contribution in [0.25, 0.3) is 22.2 Å². The summed E-state index contributed by atoms with van der Waals surface area (Å²) in [6.45, 7) is 9.95. The van der Waals surface area contributed by atoms with Crippen molar-refractivity contribution in [2.75, 3.05) is 13.4 Å². The van der Waals surface area contributed by atoms with Crippen molar-refractivity contribution in [2.45, 2.75) is 52.0 Å². The fourth-order valence-corrected chi connectivity index (χ4v) is 4.37. The van der Waals surface area contributed by atoms with Crippen LogP contribution < -0.4 is 9.47 Å². The minimum Gasteiger partial charge on any atom is -0.454 e. The molecule has 7 nitrogen and oxygen atoms in total. The average Bonchev–Trinajstić information content (AvgIpc) is 3.34. The first-order chi connectivity index (χ1) is 15.6. The number of pyridine rings is 1. The summed E-state index contributed by atoms with van der Waals surface area (Å²) in [5.41, 5.74) is 2.08. The maximum atomic E-state index is 13.3. The van der Waals surface area contributed by atoms with Gasteiger partial charge in [-0.3, -0.25) is 4.90 Å². The van der Waals surface area contributed by atoms with Gasteiger partial charge in [0.05, 0.1) is 23.9 Å². The molecule has 1 amide bonds. The van der Waals surface area contributed by atoms with E-state index < -0.39 is 17.4 Å². The van der Waals surface area contributed by atoms with Crippen LogP contribution in [0, 0.1) is 0 Å². The first kappa shape index (κ1) is 21.5. The second kappa shape index (κ2) is 7.63. The summed E-state index contributed by atoms with van der Waals surface area (Å²) >= 11 is 0. The number of carbonyl (C=O) groups is 1. The lowest BCUT2D eigenvalue weighted by molar-refractivity contribution is -0.0625. The third-order valence-corrected chi connectivity index (χ3v) is 5.85. The number of nitrogens with zero attached hydrogens (tertiary/aromatic N) is 2. The number of benzene rings is 2. The Hall–Kier alpha value is -3.32. The Morgan fingerprint density at radius 3 is 2.64 bits per heavy atom. The molecule has 0 saturated carbocycles. The molecular formula is C26H28N2O5. The van der Waals surface area contributed by atoms with Crippen molar-refractivity contribution in [1.29, 1.82) is 0 Å². The van der Waals surface area contributed by atoms with Crippen molar-refractivity contribution in [3.05, 3.63) is 54.1 Å². The van der Waals surface area contributed by atoms with Gasteiger partial charge in [0.2, 0.25) is 6.79 Å². The highest BCUT2D eigenvalue weighted by Gasteiger charge is 2.47. The summed E-state index contributed by atoms with van der Waals surface area (Å²) in [6.07, 6.45) is -0.402. The molecule has 2 aromatic carbocycles. The van der Waals surface area contributed by atoms with E-state index >= 15 is 0 Å². The number of para-hydroxylation sites is 1. The molecule has 1 fully saturated rings. The van der Waals surface area contributed by atoms with Crippen molar-refractivity contribution < 1.29 is 23.7 Å². The number of carbonyl (C=O) groups excluding carboxylic acids is 1. The van der Waals surface area contributed by atoms with Crippen LogP contribution in [0.15, 0.2) is 48.5 Å². The van der Waals surface area contributed by atoms with Crippen LogP contribution in [-0.2, 0) is 9.47 Å². The molecule has 3 aromatic rings. The molecule has 0 bridgehead atoms. The first-order valence-electron chi connectivity index (χ1n) is 11.1. The van der Waals surface area contributed by atoms with Crippen LogP contribution in [0.3, 0.4) is 0 Å². The number of hydrogen-bond donors (Lipinski definition) is 0. The smallest absolute Gasteiger partial charge is 0.413 e. The van der Waals surface area contributed by atoms with E-state index in [0.29, 0.717) is 12.4 Å². The van der Waals surface area contributed by atoms with Gasteiger partial charge in [-0.2, -0.15) is 0 Å². The SMILES string of the molecule is CC(C)(C)OC(=O)N1[C@@H](c2cc(-c3ccc4c(c3)OCO4)nc3ccccc23)COC1(C)C. The van der Waals surface area contributed by atoms with Crippen molar-refractivity contribution in [3.63, 3.8) is 0 Å². The molecular weight excluding hydrogens is 420 g/mol. The van der Waals surface area contributed by atoms with Gasteiger partial charge < -0.3 is 18.9 Å². The molecule has 0 aliphatic carbocycles. The van der Waals surface area contributed by atoms with Gasteiger partial charge in [-0.25, -0.2) is 9.78 Å². The lowest BCUT2D eigenvalue weighted by Gasteiger charge is -2.35. The number of hydrogen-bond acceptors (Lipinski definition) is 6. The number of fused-ring (bicyclic) bond motifs is 2. The molecule has 1 saturated heterocycles. The van der Waals surface area contributed by atoms with E-state index in [1.807, 2.05) is 83.1 Å². The quantitative estimate of drug-likeness (QED) is 0.503. The van der Waals surface area contributed by atoms with Gasteiger partial charge in [-0.1, -0.05) is 18.2 Å². The minimum absolute atomic E-state index is 0.217. The molecule has 0 unspecified atom stereocenters. The molecule has 33 heavy (non-hydrogen) atoms. The monoisotopic (exact) mass is 448 g/mol. The van der Waals surface area contributed by atoms with E-state index in [0.717, 1.165) is 33.5 Å². The molecule has 0 N–H and O–H groups in total. The van der Waals surface area contributed by atoms with Crippen LogP contribution in [0.1, 0.15) is 46.2 Å². The Kier molecular flexibility index (Phi) is 4.97. The van der Waals surface area contributed by atoms with E-state index in [1.54, 1.807) is 4.90 Å². The van der Waals surface area contributed by atoms with Crippen LogP contribution >= 0.6 is 0 Å². The lowest BCUT2D eigenvalue weighted by atomic mass is 9.98. The zero-order valence-corrected chi connectivity index (χ0v) is 19.5. The minimum atomic E-state index is -0.809. The predicted molar refractivity (Wildman–Crippen MR) is 124 cm³/mol. The zero-order valence-electron chi connectivity index (χ0n) is 19.5. The van der Waals surface area contributed by atoms with Crippen LogP contribution in [0.4, 0.5) is 4.79 Å². The molecule has 0 radical (unpaired) electrons. The summed E-state index contributed by atoms with van der Waals surface area (Å²) in [4.78, 5) is 19.9. The highest BCUT2D eigenvalue weighted by atomic mass is 16.7. The van der Waals surface area contributed by atoms with Crippen LogP contribution in [0.2, 0.25) is 0 Å². The Balaban J connectivity index is 1.63. The van der Waals surface area contributed by atoms with E-state index in [1.165, 1.54) is 0 Å². The van der Waals surface area contributed by atoms with Crippen LogP contribution in [-0.4, -0.2) is 40.7 Å². The second-order valence-corrected chi connectivity index (χ2v) is 9.81. The highest BCUT2D eigenvalue weighted by molar-refractivity contribution is 5.86. The summed E-state index contributed by atoms with van der Waals surface area (Å²) in [5, 5.41) is 0.974. The standard InChI is InChI=1S/C26H28N2O5/c1-25(2,3)33-24(29)28-21(14-32-26(28,4)5)18-13-20(27-19-9-7-6-8-17(18)19)16-10-11-22-23(12-16)31-15-30-22/h6-13,21H,14-15H2,1-5H3/t21-/m1/s1. The lowest BCUT2D eigenvalue weighted by Crippen LogP contribution is -2.47. The zero-order chi connectivity index (χ0) is 23.4. The molecule has 3 heterocycles. The first-order valence-corrected chi connectivity index (χ1v) is 11.1. The van der Waals surface area contributed by atoms with Gasteiger partial charge in [0.1, 0.15) is 11.3 Å². The highest BCUT2D eigenvalue weighted by Crippen LogP contribution is 2.42. The van der Waals surface area contributed by atoms with Gasteiger partial charge in [0.25, 0.3) is 0 Å². The molecule has 172 valence electrons. The topological polar surface area (TPSA) is 70.1 Å². The second-order valence-electron chi connectivity index (χ2n) is 9.81. The Bertz CT molecular complexity index is 1230. The third-order valence-electron chi connectivity index (χ3n) is 5.85. The Labute approximate surface area is 193 Å². The molecule has 2 aliphatic rings. The van der Waals surface area contributed by atoms with Crippen molar-refractivity contribution in [2.24, 2.45) is 0 Å². The summed E-state index contributed by atoms with van der Waals surface area (Å²) in [5.74, 6) is 1.42. The maximum absolute atomic E-state index is 13.3. The maximum Gasteiger partial charge on any atom is 0.413 e. The van der Waals surface area contributed by atoms with Gasteiger partial charge in [-0.05, 0) is 70.5 Å². The Morgan fingerprint density at radius 2 is 1.85 bits per heavy atom. The molecule has 5 rings (SSSR count). The number of rotatable bonds is 2. The molecule has 1 aromatic heterocycles. The number of ether oxygens (including phenoxy) is 4. The van der Waals surface area contributed by atoms with Crippen molar-refractivity contribution in [1.82, 2.24) is 9.88 Å². The van der Waals surface area contributed by atoms with Gasteiger partial charge in [0, 0.05) is 10.9 Å². The Morgan fingerprint density at radius 1 is 1.09 bits per heavy atom. The largest absolute Gasteiger partial charge is 0.454 e. The molecule has 7 heteroatoms. The number of aromatic nitrogens is 1. The van der Waals surface area contributed by atoms with Gasteiger partial charge >= 0.3 is 6.09 Å². The predicted octanol–water partition coefficient (Wildman–Crippen LogP) is 5.68.